The van der Waals surface area contributed by atoms with E-state index >= 15 is 0 Å². The second-order valence-electron chi connectivity index (χ2n) is 6.99. The Hall–Kier alpha value is -1.31. The number of aromatic nitrogens is 3. The van der Waals surface area contributed by atoms with E-state index < -0.39 is 0 Å². The maximum Gasteiger partial charge on any atom is 0.132 e. The van der Waals surface area contributed by atoms with Crippen LogP contribution in [0.25, 0.3) is 0 Å². The van der Waals surface area contributed by atoms with Crippen molar-refractivity contribution in [3.8, 4) is 0 Å². The number of hydrogen-bond donors (Lipinski definition) is 0. The summed E-state index contributed by atoms with van der Waals surface area (Å²) in [5, 5.41) is 8.18. The number of Topliss-reactive ketones (excluding diaryl/α,β-unsaturated/α-hetero) is 1. The van der Waals surface area contributed by atoms with E-state index in [0.29, 0.717) is 58.3 Å². The van der Waals surface area contributed by atoms with Crippen LogP contribution >= 0.6 is 0 Å². The third-order valence-electron chi connectivity index (χ3n) is 3.50. The van der Waals surface area contributed by atoms with Gasteiger partial charge in [-0.1, -0.05) is 12.1 Å². The average Bonchev–Trinajstić information content (AvgIpc) is 3.02. The average molecular weight is 355 g/mol. The summed E-state index contributed by atoms with van der Waals surface area (Å²) >= 11 is 0. The molecule has 0 fully saturated rings. The Bertz CT molecular complexity index is 483. The Morgan fingerprint density at radius 3 is 2.28 bits per heavy atom. The highest BCUT2D eigenvalue weighted by Crippen LogP contribution is 2.11. The van der Waals surface area contributed by atoms with Gasteiger partial charge in [-0.25, -0.2) is 4.68 Å². The molecule has 25 heavy (non-hydrogen) atoms. The van der Waals surface area contributed by atoms with Crippen LogP contribution in [0.4, 0.5) is 0 Å². The molecule has 0 amide bonds. The number of ether oxygens (including phenoxy) is 3. The maximum absolute atomic E-state index is 11.3. The second-order valence-corrected chi connectivity index (χ2v) is 6.99. The molecular formula is C18H33N3O4. The zero-order valence-electron chi connectivity index (χ0n) is 16.1. The van der Waals surface area contributed by atoms with Crippen LogP contribution in [0.2, 0.25) is 0 Å². The van der Waals surface area contributed by atoms with Crippen molar-refractivity contribution < 1.29 is 19.0 Å². The fraction of sp³-hybridized carbons (Fsp3) is 0.833. The van der Waals surface area contributed by atoms with Crippen molar-refractivity contribution in [1.29, 1.82) is 0 Å². The fourth-order valence-corrected chi connectivity index (χ4v) is 2.08. The highest BCUT2D eigenvalue weighted by atomic mass is 16.5. The van der Waals surface area contributed by atoms with Gasteiger partial charge >= 0.3 is 0 Å². The van der Waals surface area contributed by atoms with Crippen LogP contribution in [0.15, 0.2) is 6.20 Å². The van der Waals surface area contributed by atoms with Gasteiger partial charge in [0.2, 0.25) is 0 Å². The van der Waals surface area contributed by atoms with E-state index in [9.17, 15) is 4.79 Å². The molecular weight excluding hydrogens is 322 g/mol. The van der Waals surface area contributed by atoms with Crippen LogP contribution in [0, 0.1) is 0 Å². The lowest BCUT2D eigenvalue weighted by molar-refractivity contribution is -0.119. The standard InChI is InChI=1S/C18H33N3O4/c1-5-7-17(22)8-6-9-23-10-11-24-12-13-25-15-16-14-21(20-19-16)18(2,3)4/h14H,5-13,15H2,1-4H3. The van der Waals surface area contributed by atoms with E-state index in [4.69, 9.17) is 14.2 Å². The Balaban J connectivity index is 1.91. The SMILES string of the molecule is CCCC(=O)CCCOCCOCCOCc1cn(C(C)(C)C)nn1. The Morgan fingerprint density at radius 1 is 1.04 bits per heavy atom. The third kappa shape index (κ3) is 10.3. The van der Waals surface area contributed by atoms with Crippen LogP contribution in [-0.2, 0) is 31.2 Å². The number of carbonyl (C=O) groups excluding carboxylic acids is 1. The monoisotopic (exact) mass is 355 g/mol. The molecule has 0 N–H and O–H groups in total. The Kier molecular flexibility index (Phi) is 10.5. The van der Waals surface area contributed by atoms with Crippen LogP contribution < -0.4 is 0 Å². The zero-order chi connectivity index (χ0) is 18.5. The largest absolute Gasteiger partial charge is 0.379 e. The first-order chi connectivity index (χ1) is 11.9. The zero-order valence-corrected chi connectivity index (χ0v) is 16.1. The van der Waals surface area contributed by atoms with Gasteiger partial charge in [0.25, 0.3) is 0 Å². The first-order valence-electron chi connectivity index (χ1n) is 9.10. The molecule has 0 aliphatic rings. The van der Waals surface area contributed by atoms with Crippen LogP contribution in [-0.4, -0.2) is 53.8 Å². The van der Waals surface area contributed by atoms with Crippen LogP contribution in [0.1, 0.15) is 59.1 Å². The van der Waals surface area contributed by atoms with E-state index in [-0.39, 0.29) is 5.54 Å². The molecule has 0 bridgehead atoms. The molecule has 0 saturated carbocycles. The van der Waals surface area contributed by atoms with Gasteiger partial charge in [-0.3, -0.25) is 4.79 Å². The predicted molar refractivity (Wildman–Crippen MR) is 95.5 cm³/mol. The molecule has 0 spiro atoms. The van der Waals surface area contributed by atoms with Crippen molar-refractivity contribution >= 4 is 5.78 Å². The van der Waals surface area contributed by atoms with Gasteiger partial charge in [0.1, 0.15) is 11.5 Å². The Labute approximate surface area is 151 Å². The van der Waals surface area contributed by atoms with Crippen molar-refractivity contribution in [2.24, 2.45) is 0 Å². The molecule has 1 rings (SSSR count). The minimum absolute atomic E-state index is 0.0718. The molecule has 0 radical (unpaired) electrons. The number of rotatable bonds is 14. The number of carbonyl (C=O) groups is 1. The lowest BCUT2D eigenvalue weighted by Crippen LogP contribution is -2.22. The van der Waals surface area contributed by atoms with Gasteiger partial charge in [-0.2, -0.15) is 0 Å². The highest BCUT2D eigenvalue weighted by molar-refractivity contribution is 5.78. The van der Waals surface area contributed by atoms with E-state index in [1.54, 1.807) is 0 Å². The van der Waals surface area contributed by atoms with Crippen molar-refractivity contribution in [2.45, 2.75) is 65.5 Å². The van der Waals surface area contributed by atoms with E-state index in [0.717, 1.165) is 18.5 Å². The topological polar surface area (TPSA) is 75.5 Å². The van der Waals surface area contributed by atoms with Gasteiger partial charge in [0.15, 0.2) is 0 Å². The van der Waals surface area contributed by atoms with Crippen molar-refractivity contribution in [2.75, 3.05) is 33.0 Å². The summed E-state index contributed by atoms with van der Waals surface area (Å²) in [5.74, 6) is 0.321. The van der Waals surface area contributed by atoms with E-state index in [2.05, 4.69) is 31.1 Å². The van der Waals surface area contributed by atoms with Crippen molar-refractivity contribution in [3.05, 3.63) is 11.9 Å². The molecule has 0 atom stereocenters. The molecule has 144 valence electrons. The van der Waals surface area contributed by atoms with Crippen molar-refractivity contribution in [3.63, 3.8) is 0 Å². The Morgan fingerprint density at radius 2 is 1.68 bits per heavy atom. The molecule has 0 unspecified atom stereocenters. The van der Waals surface area contributed by atoms with Crippen LogP contribution in [0.3, 0.4) is 0 Å². The van der Waals surface area contributed by atoms with E-state index in [1.807, 2.05) is 17.8 Å². The summed E-state index contributed by atoms with van der Waals surface area (Å²) in [6.07, 6.45) is 4.90. The molecule has 1 heterocycles. The van der Waals surface area contributed by atoms with Gasteiger partial charge in [-0.05, 0) is 33.6 Å². The summed E-state index contributed by atoms with van der Waals surface area (Å²) in [7, 11) is 0. The van der Waals surface area contributed by atoms with Crippen molar-refractivity contribution in [1.82, 2.24) is 15.0 Å². The lowest BCUT2D eigenvalue weighted by Gasteiger charge is -2.17. The summed E-state index contributed by atoms with van der Waals surface area (Å²) in [6, 6.07) is 0. The maximum atomic E-state index is 11.3. The van der Waals surface area contributed by atoms with Gasteiger partial charge < -0.3 is 14.2 Å². The normalized spacial score (nSPS) is 11.8. The van der Waals surface area contributed by atoms with Gasteiger partial charge in [0, 0.05) is 19.4 Å². The predicted octanol–water partition coefficient (Wildman–Crippen LogP) is 2.73. The molecule has 0 aliphatic carbocycles. The molecule has 0 aliphatic heterocycles. The van der Waals surface area contributed by atoms with Crippen LogP contribution in [0.5, 0.6) is 0 Å². The summed E-state index contributed by atoms with van der Waals surface area (Å²) in [6.45, 7) is 11.4. The first-order valence-corrected chi connectivity index (χ1v) is 9.10. The third-order valence-corrected chi connectivity index (χ3v) is 3.50. The molecule has 7 nitrogen and oxygen atoms in total. The van der Waals surface area contributed by atoms with E-state index in [1.165, 1.54) is 0 Å². The quantitative estimate of drug-likeness (QED) is 0.478. The molecule has 7 heteroatoms. The summed E-state index contributed by atoms with van der Waals surface area (Å²) in [5.41, 5.74) is 0.744. The minimum Gasteiger partial charge on any atom is -0.379 e. The molecule has 0 saturated heterocycles. The minimum atomic E-state index is -0.0718. The summed E-state index contributed by atoms with van der Waals surface area (Å²) < 4.78 is 18.2. The first kappa shape index (κ1) is 21.7. The summed E-state index contributed by atoms with van der Waals surface area (Å²) in [4.78, 5) is 11.3. The fourth-order valence-electron chi connectivity index (χ4n) is 2.08. The smallest absolute Gasteiger partial charge is 0.132 e. The molecule has 1 aromatic rings. The number of nitrogens with zero attached hydrogens (tertiary/aromatic N) is 3. The second kappa shape index (κ2) is 12.1. The molecule has 0 aromatic carbocycles. The van der Waals surface area contributed by atoms with Gasteiger partial charge in [0.05, 0.1) is 44.8 Å². The van der Waals surface area contributed by atoms with Gasteiger partial charge in [-0.15, -0.1) is 5.10 Å². The highest BCUT2D eigenvalue weighted by Gasteiger charge is 2.14. The lowest BCUT2D eigenvalue weighted by atomic mass is 10.1. The number of ketones is 1. The molecule has 1 aromatic heterocycles. The number of hydrogen-bond acceptors (Lipinski definition) is 6.